The lowest BCUT2D eigenvalue weighted by molar-refractivity contribution is 0.304. The third kappa shape index (κ3) is 9.93. The van der Waals surface area contributed by atoms with Gasteiger partial charge in [0.05, 0.1) is 18.9 Å². The van der Waals surface area contributed by atoms with Gasteiger partial charge in [0.2, 0.25) is 5.89 Å². The van der Waals surface area contributed by atoms with E-state index in [2.05, 4.69) is 23.8 Å². The zero-order valence-electron chi connectivity index (χ0n) is 25.3. The van der Waals surface area contributed by atoms with Crippen LogP contribution < -0.4 is 9.47 Å². The van der Waals surface area contributed by atoms with Crippen LogP contribution in [0.1, 0.15) is 96.5 Å². The number of phenolic OH excluding ortho intramolecular Hbond substituents is 1. The second-order valence-corrected chi connectivity index (χ2v) is 10.9. The lowest BCUT2D eigenvalue weighted by atomic mass is 10.1. The number of fused-ring (bicyclic) bond motifs is 1. The monoisotopic (exact) mass is 570 g/mol. The van der Waals surface area contributed by atoms with Gasteiger partial charge in [0.1, 0.15) is 22.8 Å². The molecule has 224 valence electrons. The van der Waals surface area contributed by atoms with Crippen molar-refractivity contribution in [2.24, 2.45) is 4.99 Å². The molecular formula is C36H46N2O4. The molecule has 0 amide bonds. The molecule has 0 aliphatic heterocycles. The molecule has 1 heterocycles. The van der Waals surface area contributed by atoms with Gasteiger partial charge in [-0.05, 0) is 67.4 Å². The van der Waals surface area contributed by atoms with E-state index in [4.69, 9.17) is 13.9 Å². The number of aromatic hydroxyl groups is 1. The summed E-state index contributed by atoms with van der Waals surface area (Å²) in [7, 11) is 0. The molecule has 0 bridgehead atoms. The van der Waals surface area contributed by atoms with Gasteiger partial charge in [-0.15, -0.1) is 0 Å². The van der Waals surface area contributed by atoms with Gasteiger partial charge in [-0.1, -0.05) is 78.1 Å². The number of benzene rings is 3. The summed E-state index contributed by atoms with van der Waals surface area (Å²) in [5, 5.41) is 10.4. The Bertz CT molecular complexity index is 1380. The minimum Gasteiger partial charge on any atom is -0.507 e. The van der Waals surface area contributed by atoms with E-state index in [1.54, 1.807) is 18.3 Å². The van der Waals surface area contributed by atoms with Crippen LogP contribution in [-0.4, -0.2) is 29.5 Å². The average Bonchev–Trinajstić information content (AvgIpc) is 3.43. The molecule has 0 fully saturated rings. The van der Waals surface area contributed by atoms with Crippen molar-refractivity contribution in [1.29, 1.82) is 0 Å². The number of hydrogen-bond donors (Lipinski definition) is 1. The number of nitrogens with zero attached hydrogens (tertiary/aromatic N) is 2. The van der Waals surface area contributed by atoms with E-state index in [1.807, 2.05) is 48.5 Å². The molecular weight excluding hydrogens is 524 g/mol. The molecule has 0 spiro atoms. The summed E-state index contributed by atoms with van der Waals surface area (Å²) in [6.45, 7) is 5.77. The maximum absolute atomic E-state index is 10.4. The summed E-state index contributed by atoms with van der Waals surface area (Å²) in [5.74, 6) is 2.21. The lowest BCUT2D eigenvalue weighted by Gasteiger charge is -2.06. The summed E-state index contributed by atoms with van der Waals surface area (Å²) in [5.41, 5.74) is 3.66. The summed E-state index contributed by atoms with van der Waals surface area (Å²) in [6, 6.07) is 18.8. The fourth-order valence-corrected chi connectivity index (χ4v) is 4.79. The highest BCUT2D eigenvalue weighted by molar-refractivity contribution is 5.87. The van der Waals surface area contributed by atoms with Crippen LogP contribution >= 0.6 is 0 Å². The fraction of sp³-hybridized carbons (Fsp3) is 0.444. The molecule has 0 aliphatic carbocycles. The second kappa shape index (κ2) is 17.2. The van der Waals surface area contributed by atoms with Crippen molar-refractivity contribution in [2.75, 3.05) is 13.2 Å². The van der Waals surface area contributed by atoms with Gasteiger partial charge in [-0.3, -0.25) is 4.99 Å². The first-order chi connectivity index (χ1) is 20.7. The topological polar surface area (TPSA) is 77.1 Å². The standard InChI is InChI=1S/C36H46N2O4/c1-3-5-7-8-9-10-11-12-13-14-24-40-31-19-15-28(16-20-31)36-38-33-25-30(18-22-35(33)42-36)37-27-29-17-21-32(26-34(29)39)41-23-6-4-2/h15-22,25-27,39H,3-14,23-24H2,1-2H3. The summed E-state index contributed by atoms with van der Waals surface area (Å²) < 4.78 is 17.6. The molecule has 0 saturated heterocycles. The predicted octanol–water partition coefficient (Wildman–Crippen LogP) is 10.4. The average molecular weight is 571 g/mol. The molecule has 4 aromatic rings. The van der Waals surface area contributed by atoms with Gasteiger partial charge in [-0.25, -0.2) is 4.98 Å². The highest BCUT2D eigenvalue weighted by Gasteiger charge is 2.10. The van der Waals surface area contributed by atoms with Crippen molar-refractivity contribution in [3.63, 3.8) is 0 Å². The van der Waals surface area contributed by atoms with E-state index in [0.29, 0.717) is 29.4 Å². The van der Waals surface area contributed by atoms with Crippen molar-refractivity contribution in [3.05, 3.63) is 66.2 Å². The number of oxazole rings is 1. The lowest BCUT2D eigenvalue weighted by Crippen LogP contribution is -1.97. The van der Waals surface area contributed by atoms with Crippen LogP contribution in [0.4, 0.5) is 5.69 Å². The van der Waals surface area contributed by atoms with Gasteiger partial charge in [0.15, 0.2) is 5.58 Å². The van der Waals surface area contributed by atoms with Crippen LogP contribution in [0, 0.1) is 0 Å². The predicted molar refractivity (Wildman–Crippen MR) is 173 cm³/mol. The Hall–Kier alpha value is -3.80. The molecule has 4 rings (SSSR count). The van der Waals surface area contributed by atoms with Gasteiger partial charge >= 0.3 is 0 Å². The fourth-order valence-electron chi connectivity index (χ4n) is 4.79. The zero-order chi connectivity index (χ0) is 29.4. The molecule has 6 heteroatoms. The zero-order valence-corrected chi connectivity index (χ0v) is 25.3. The molecule has 0 saturated carbocycles. The summed E-state index contributed by atoms with van der Waals surface area (Å²) in [4.78, 5) is 9.21. The first kappa shape index (κ1) is 31.1. The number of ether oxygens (including phenoxy) is 2. The molecule has 3 aromatic carbocycles. The van der Waals surface area contributed by atoms with Gasteiger partial charge < -0.3 is 19.0 Å². The first-order valence-corrected chi connectivity index (χ1v) is 15.8. The van der Waals surface area contributed by atoms with E-state index < -0.39 is 0 Å². The minimum absolute atomic E-state index is 0.133. The highest BCUT2D eigenvalue weighted by Crippen LogP contribution is 2.29. The summed E-state index contributed by atoms with van der Waals surface area (Å²) >= 11 is 0. The van der Waals surface area contributed by atoms with Crippen molar-refractivity contribution >= 4 is 23.0 Å². The largest absolute Gasteiger partial charge is 0.507 e. The molecule has 0 unspecified atom stereocenters. The Morgan fingerprint density at radius 3 is 2.07 bits per heavy atom. The van der Waals surface area contributed by atoms with Crippen molar-refractivity contribution in [3.8, 4) is 28.7 Å². The summed E-state index contributed by atoms with van der Waals surface area (Å²) in [6.07, 6.45) is 16.9. The Labute approximate surface area is 250 Å². The number of rotatable bonds is 19. The van der Waals surface area contributed by atoms with Crippen LogP contribution in [0.3, 0.4) is 0 Å². The van der Waals surface area contributed by atoms with E-state index >= 15 is 0 Å². The first-order valence-electron chi connectivity index (χ1n) is 15.8. The maximum Gasteiger partial charge on any atom is 0.227 e. The maximum atomic E-state index is 10.4. The molecule has 6 nitrogen and oxygen atoms in total. The Balaban J connectivity index is 1.24. The Kier molecular flexibility index (Phi) is 12.8. The van der Waals surface area contributed by atoms with Crippen molar-refractivity contribution < 1.29 is 19.0 Å². The third-order valence-electron chi connectivity index (χ3n) is 7.36. The second-order valence-electron chi connectivity index (χ2n) is 10.9. The number of aromatic nitrogens is 1. The van der Waals surface area contributed by atoms with Crippen LogP contribution in [-0.2, 0) is 0 Å². The van der Waals surface area contributed by atoms with Crippen LogP contribution in [0.2, 0.25) is 0 Å². The van der Waals surface area contributed by atoms with E-state index in [0.717, 1.165) is 48.4 Å². The molecule has 1 aromatic heterocycles. The minimum atomic E-state index is 0.133. The van der Waals surface area contributed by atoms with Crippen LogP contribution in [0.15, 0.2) is 70.1 Å². The van der Waals surface area contributed by atoms with Gasteiger partial charge in [-0.2, -0.15) is 0 Å². The highest BCUT2D eigenvalue weighted by atomic mass is 16.5. The van der Waals surface area contributed by atoms with E-state index in [9.17, 15) is 5.11 Å². The number of phenols is 1. The number of unbranched alkanes of at least 4 members (excludes halogenated alkanes) is 10. The smallest absolute Gasteiger partial charge is 0.227 e. The molecule has 1 N–H and O–H groups in total. The number of hydrogen-bond acceptors (Lipinski definition) is 6. The quantitative estimate of drug-likeness (QED) is 0.0896. The Morgan fingerprint density at radius 1 is 0.714 bits per heavy atom. The molecule has 0 aliphatic rings. The molecule has 42 heavy (non-hydrogen) atoms. The van der Waals surface area contributed by atoms with Crippen LogP contribution in [0.25, 0.3) is 22.6 Å². The van der Waals surface area contributed by atoms with E-state index in [1.165, 1.54) is 57.8 Å². The van der Waals surface area contributed by atoms with Gasteiger partial charge in [0.25, 0.3) is 0 Å². The molecule has 0 radical (unpaired) electrons. The Morgan fingerprint density at radius 2 is 1.36 bits per heavy atom. The van der Waals surface area contributed by atoms with Crippen molar-refractivity contribution in [1.82, 2.24) is 4.98 Å². The SMILES string of the molecule is CCCCCCCCCCCCOc1ccc(-c2nc3cc(N=Cc4ccc(OCCCC)cc4O)ccc3o2)cc1. The number of aliphatic imine (C=N–C) groups is 1. The third-order valence-corrected chi connectivity index (χ3v) is 7.36. The van der Waals surface area contributed by atoms with Gasteiger partial charge in [0, 0.05) is 23.4 Å². The normalized spacial score (nSPS) is 11.5. The van der Waals surface area contributed by atoms with Crippen LogP contribution in [0.5, 0.6) is 17.2 Å². The van der Waals surface area contributed by atoms with Crippen molar-refractivity contribution in [2.45, 2.75) is 90.9 Å². The van der Waals surface area contributed by atoms with E-state index in [-0.39, 0.29) is 5.75 Å². The molecule has 0 atom stereocenters.